The summed E-state index contributed by atoms with van der Waals surface area (Å²) in [4.78, 5) is 17.0. The minimum absolute atomic E-state index is 0.0546. The largest absolute Gasteiger partial charge is 0.366 e. The van der Waals surface area contributed by atoms with Crippen LogP contribution in [0, 0.1) is 0 Å². The fourth-order valence-corrected chi connectivity index (χ4v) is 1.47. The minimum atomic E-state index is -3.81. The fourth-order valence-electron chi connectivity index (χ4n) is 0.733. The molecule has 0 aliphatic rings. The summed E-state index contributed by atoms with van der Waals surface area (Å²) >= 11 is 4.80. The van der Waals surface area contributed by atoms with E-state index in [0.29, 0.717) is 24.5 Å². The van der Waals surface area contributed by atoms with E-state index in [1.165, 1.54) is 0 Å². The first-order valence-corrected chi connectivity index (χ1v) is 6.16. The molecule has 0 bridgehead atoms. The third-order valence-corrected chi connectivity index (χ3v) is 2.64. The van der Waals surface area contributed by atoms with Crippen molar-refractivity contribution >= 4 is 24.9 Å². The summed E-state index contributed by atoms with van der Waals surface area (Å²) in [6.07, 6.45) is 1.15. The highest BCUT2D eigenvalue weighted by atomic mass is 32.1. The molecule has 0 saturated carbocycles. The molecule has 0 rings (SSSR count). The van der Waals surface area contributed by atoms with E-state index in [-0.39, 0.29) is 6.16 Å². The Hall–Kier alpha value is -0.160. The van der Waals surface area contributed by atoms with Gasteiger partial charge in [-0.3, -0.25) is 4.57 Å². The van der Waals surface area contributed by atoms with Gasteiger partial charge in [0.1, 0.15) is 0 Å². The average molecular weight is 226 g/mol. The van der Waals surface area contributed by atoms with Gasteiger partial charge >= 0.3 is 7.60 Å². The van der Waals surface area contributed by atoms with Gasteiger partial charge in [0.2, 0.25) is 0 Å². The van der Waals surface area contributed by atoms with Crippen LogP contribution in [0.5, 0.6) is 0 Å². The van der Waals surface area contributed by atoms with Crippen LogP contribution < -0.4 is 10.6 Å². The first-order valence-electron chi connectivity index (χ1n) is 3.96. The van der Waals surface area contributed by atoms with Gasteiger partial charge in [0.15, 0.2) is 5.11 Å². The van der Waals surface area contributed by atoms with Gasteiger partial charge in [-0.2, -0.15) is 0 Å². The van der Waals surface area contributed by atoms with Crippen LogP contribution in [0.1, 0.15) is 12.8 Å². The average Bonchev–Trinajstić information content (AvgIpc) is 2.01. The summed E-state index contributed by atoms with van der Waals surface area (Å²) in [5, 5.41) is 6.18. The van der Waals surface area contributed by atoms with Crippen molar-refractivity contribution in [1.29, 1.82) is 0 Å². The molecule has 0 aromatic rings. The number of nitrogens with one attached hydrogen (secondary N) is 2. The van der Waals surface area contributed by atoms with Gasteiger partial charge in [0.05, 0.1) is 0 Å². The van der Waals surface area contributed by atoms with Crippen LogP contribution in [0.2, 0.25) is 0 Å². The van der Waals surface area contributed by atoms with E-state index in [2.05, 4.69) is 10.6 Å². The number of rotatable bonds is 5. The third kappa shape index (κ3) is 9.76. The van der Waals surface area contributed by atoms with Crippen LogP contribution in [-0.2, 0) is 4.57 Å². The van der Waals surface area contributed by atoms with Crippen LogP contribution in [-0.4, -0.2) is 34.7 Å². The Morgan fingerprint density at radius 1 is 1.46 bits per heavy atom. The predicted octanol–water partition coefficient (Wildman–Crippen LogP) is 0.0382. The van der Waals surface area contributed by atoms with Crippen molar-refractivity contribution in [2.24, 2.45) is 0 Å². The van der Waals surface area contributed by atoms with Crippen molar-refractivity contribution in [2.75, 3.05) is 19.8 Å². The molecular formula is C6H15N2O3PS. The molecule has 13 heavy (non-hydrogen) atoms. The molecule has 4 N–H and O–H groups in total. The highest BCUT2D eigenvalue weighted by molar-refractivity contribution is 7.80. The lowest BCUT2D eigenvalue weighted by Crippen LogP contribution is -2.33. The smallest absolute Gasteiger partial charge is 0.325 e. The van der Waals surface area contributed by atoms with E-state index in [1.807, 2.05) is 0 Å². The van der Waals surface area contributed by atoms with Crippen LogP contribution in [0.4, 0.5) is 0 Å². The summed E-state index contributed by atoms with van der Waals surface area (Å²) in [5.41, 5.74) is 0. The Kier molecular flexibility index (Phi) is 6.24. The summed E-state index contributed by atoms with van der Waals surface area (Å²) in [5.74, 6) is 0. The fraction of sp³-hybridized carbons (Fsp3) is 0.833. The van der Waals surface area contributed by atoms with Crippen LogP contribution >= 0.6 is 19.8 Å². The molecule has 0 spiro atoms. The summed E-state index contributed by atoms with van der Waals surface area (Å²) < 4.78 is 10.4. The van der Waals surface area contributed by atoms with Crippen LogP contribution in [0.25, 0.3) is 0 Å². The zero-order chi connectivity index (χ0) is 10.3. The predicted molar refractivity (Wildman–Crippen MR) is 55.8 cm³/mol. The van der Waals surface area contributed by atoms with Crippen molar-refractivity contribution in [2.45, 2.75) is 12.8 Å². The topological polar surface area (TPSA) is 81.6 Å². The Morgan fingerprint density at radius 3 is 2.54 bits per heavy atom. The van der Waals surface area contributed by atoms with E-state index in [0.717, 1.165) is 0 Å². The van der Waals surface area contributed by atoms with Crippen molar-refractivity contribution in [3.63, 3.8) is 0 Å². The molecule has 0 atom stereocenters. The van der Waals surface area contributed by atoms with E-state index >= 15 is 0 Å². The zero-order valence-corrected chi connectivity index (χ0v) is 9.20. The highest BCUT2D eigenvalue weighted by Gasteiger charge is 2.10. The Morgan fingerprint density at radius 2 is 2.08 bits per heavy atom. The highest BCUT2D eigenvalue weighted by Crippen LogP contribution is 2.35. The lowest BCUT2D eigenvalue weighted by atomic mass is 10.3. The molecule has 0 saturated heterocycles. The van der Waals surface area contributed by atoms with Gasteiger partial charge in [-0.15, -0.1) is 0 Å². The van der Waals surface area contributed by atoms with Gasteiger partial charge in [0.25, 0.3) is 0 Å². The van der Waals surface area contributed by atoms with Crippen molar-refractivity contribution in [1.82, 2.24) is 10.6 Å². The maximum atomic E-state index is 10.4. The minimum Gasteiger partial charge on any atom is -0.366 e. The lowest BCUT2D eigenvalue weighted by molar-refractivity contribution is 0.371. The number of hydrogen-bond acceptors (Lipinski definition) is 2. The molecule has 78 valence electrons. The van der Waals surface area contributed by atoms with Crippen LogP contribution in [0.3, 0.4) is 0 Å². The summed E-state index contributed by atoms with van der Waals surface area (Å²) in [6, 6.07) is 0. The lowest BCUT2D eigenvalue weighted by Gasteiger charge is -2.06. The molecule has 0 fully saturated rings. The van der Waals surface area contributed by atoms with Crippen molar-refractivity contribution < 1.29 is 14.4 Å². The molecule has 0 aliphatic heterocycles. The number of thiocarbonyl (C=S) groups is 1. The van der Waals surface area contributed by atoms with Gasteiger partial charge < -0.3 is 20.4 Å². The molecule has 0 aromatic carbocycles. The quantitative estimate of drug-likeness (QED) is 0.301. The van der Waals surface area contributed by atoms with Gasteiger partial charge in [-0.05, 0) is 25.1 Å². The molecule has 0 radical (unpaired) electrons. The van der Waals surface area contributed by atoms with Gasteiger partial charge in [-0.1, -0.05) is 0 Å². The molecule has 0 unspecified atom stereocenters. The van der Waals surface area contributed by atoms with Crippen molar-refractivity contribution in [3.05, 3.63) is 0 Å². The van der Waals surface area contributed by atoms with Gasteiger partial charge in [0, 0.05) is 19.8 Å². The molecular weight excluding hydrogens is 211 g/mol. The van der Waals surface area contributed by atoms with E-state index < -0.39 is 7.60 Å². The zero-order valence-electron chi connectivity index (χ0n) is 7.49. The third-order valence-electron chi connectivity index (χ3n) is 1.39. The monoisotopic (exact) mass is 226 g/mol. The Balaban J connectivity index is 3.27. The number of hydrogen-bond donors (Lipinski definition) is 4. The second-order valence-corrected chi connectivity index (χ2v) is 4.79. The number of unbranched alkanes of at least 4 members (excludes halogenated alkanes) is 1. The molecule has 5 nitrogen and oxygen atoms in total. The normalized spacial score (nSPS) is 11.0. The van der Waals surface area contributed by atoms with E-state index in [4.69, 9.17) is 22.0 Å². The SMILES string of the molecule is CNC(=S)NCCCCP(=O)(O)O. The van der Waals surface area contributed by atoms with Gasteiger partial charge in [-0.25, -0.2) is 0 Å². The maximum absolute atomic E-state index is 10.4. The van der Waals surface area contributed by atoms with Crippen molar-refractivity contribution in [3.8, 4) is 0 Å². The van der Waals surface area contributed by atoms with Crippen LogP contribution in [0.15, 0.2) is 0 Å². The van der Waals surface area contributed by atoms with E-state index in [1.54, 1.807) is 7.05 Å². The molecule has 0 aliphatic carbocycles. The molecule has 0 amide bonds. The first-order chi connectivity index (χ1) is 5.95. The molecule has 0 aromatic heterocycles. The second-order valence-electron chi connectivity index (χ2n) is 2.60. The van der Waals surface area contributed by atoms with E-state index in [9.17, 15) is 4.57 Å². The maximum Gasteiger partial charge on any atom is 0.325 e. The molecule has 7 heteroatoms. The second kappa shape index (κ2) is 6.32. The standard InChI is InChI=1S/C6H15N2O3PS/c1-7-6(13)8-4-2-3-5-12(9,10)11/h2-5H2,1H3,(H2,7,8,13)(H2,9,10,11). The summed E-state index contributed by atoms with van der Waals surface area (Å²) in [7, 11) is -2.10. The Bertz CT molecular complexity index is 206. The Labute approximate surface area is 83.1 Å². The first kappa shape index (κ1) is 12.8. The summed E-state index contributed by atoms with van der Waals surface area (Å²) in [6.45, 7) is 0.639. The molecule has 0 heterocycles.